The minimum Gasteiger partial charge on any atom is -0.302 e. The molecule has 1 aromatic heterocycles. The molecule has 1 aliphatic rings. The molecule has 0 fully saturated rings. The van der Waals surface area contributed by atoms with Crippen molar-refractivity contribution in [3.63, 3.8) is 0 Å². The lowest BCUT2D eigenvalue weighted by atomic mass is 10.0. The summed E-state index contributed by atoms with van der Waals surface area (Å²) in [5.41, 5.74) is 2.29. The molecule has 0 saturated carbocycles. The number of nitrogens with zero attached hydrogens (tertiary/aromatic N) is 4. The zero-order valence-electron chi connectivity index (χ0n) is 22.0. The number of anilines is 2. The third kappa shape index (κ3) is 5.41. The van der Waals surface area contributed by atoms with Crippen LogP contribution in [0.2, 0.25) is 0 Å². The highest BCUT2D eigenvalue weighted by Crippen LogP contribution is 2.33. The summed E-state index contributed by atoms with van der Waals surface area (Å²) in [6.45, 7) is 7.18. The van der Waals surface area contributed by atoms with Crippen molar-refractivity contribution in [3.05, 3.63) is 83.7 Å². The molecule has 0 radical (unpaired) electrons. The van der Waals surface area contributed by atoms with Gasteiger partial charge in [-0.15, -0.1) is 0 Å². The van der Waals surface area contributed by atoms with Crippen molar-refractivity contribution < 1.29 is 17.6 Å². The Morgan fingerprint density at radius 1 is 1.00 bits per heavy atom. The average Bonchev–Trinajstić information content (AvgIpc) is 3.40. The van der Waals surface area contributed by atoms with E-state index in [0.29, 0.717) is 40.7 Å². The highest BCUT2D eigenvalue weighted by molar-refractivity contribution is 7.92. The second-order valence-electron chi connectivity index (χ2n) is 9.40. The van der Waals surface area contributed by atoms with Crippen LogP contribution in [0.25, 0.3) is 10.2 Å². The van der Waals surface area contributed by atoms with E-state index in [9.17, 15) is 17.6 Å². The van der Waals surface area contributed by atoms with E-state index in [-0.39, 0.29) is 16.3 Å². The molecule has 3 aromatic carbocycles. The molecule has 0 N–H and O–H groups in total. The molecular formula is C29H31FN4O3S2. The summed E-state index contributed by atoms with van der Waals surface area (Å²) in [6.07, 6.45) is 1.59. The number of rotatable bonds is 9. The topological polar surface area (TPSA) is 73.8 Å². The Balaban J connectivity index is 1.44. The molecule has 39 heavy (non-hydrogen) atoms. The number of carbonyl (C=O) groups excluding carboxylic acids is 1. The number of aromatic nitrogens is 1. The van der Waals surface area contributed by atoms with E-state index in [2.05, 4.69) is 23.7 Å². The van der Waals surface area contributed by atoms with Gasteiger partial charge in [-0.05, 0) is 74.0 Å². The van der Waals surface area contributed by atoms with Gasteiger partial charge >= 0.3 is 0 Å². The fourth-order valence-corrected chi connectivity index (χ4v) is 7.43. The average molecular weight is 567 g/mol. The van der Waals surface area contributed by atoms with Gasteiger partial charge in [-0.2, -0.15) is 0 Å². The van der Waals surface area contributed by atoms with Crippen molar-refractivity contribution in [1.82, 2.24) is 9.88 Å². The van der Waals surface area contributed by atoms with Crippen LogP contribution in [-0.2, 0) is 16.4 Å². The Kier molecular flexibility index (Phi) is 7.97. The summed E-state index contributed by atoms with van der Waals surface area (Å²) in [5.74, 6) is -0.742. The number of thiazole rings is 1. The monoisotopic (exact) mass is 566 g/mol. The Morgan fingerprint density at radius 2 is 1.74 bits per heavy atom. The van der Waals surface area contributed by atoms with Crippen LogP contribution in [0.1, 0.15) is 36.2 Å². The van der Waals surface area contributed by atoms with E-state index in [1.54, 1.807) is 29.2 Å². The molecule has 1 amide bonds. The molecule has 0 atom stereocenters. The van der Waals surface area contributed by atoms with Crippen molar-refractivity contribution >= 4 is 48.3 Å². The molecule has 0 unspecified atom stereocenters. The standard InChI is InChI=1S/C29H31FN4O3S2/c1-3-32(4-2)19-20-33(29-31-27-24(30)11-7-13-26(27)38-29)28(35)22-14-16-23(17-15-22)39(36,37)34-18-8-10-21-9-5-6-12-25(21)34/h5-7,9,11-17H,3-4,8,10,18-20H2,1-2H3. The maximum Gasteiger partial charge on any atom is 0.264 e. The quantitative estimate of drug-likeness (QED) is 0.265. The Bertz CT molecular complexity index is 1580. The lowest BCUT2D eigenvalue weighted by molar-refractivity contribution is 0.0983. The number of benzene rings is 3. The molecule has 1 aliphatic heterocycles. The van der Waals surface area contributed by atoms with Crippen LogP contribution in [0.15, 0.2) is 71.6 Å². The van der Waals surface area contributed by atoms with Gasteiger partial charge in [0.2, 0.25) is 0 Å². The van der Waals surface area contributed by atoms with E-state index in [1.165, 1.54) is 33.8 Å². The van der Waals surface area contributed by atoms with Gasteiger partial charge in [0.15, 0.2) is 5.13 Å². The predicted octanol–water partition coefficient (Wildman–Crippen LogP) is 5.57. The second-order valence-corrected chi connectivity index (χ2v) is 12.3. The van der Waals surface area contributed by atoms with Crippen molar-refractivity contribution in [3.8, 4) is 0 Å². The van der Waals surface area contributed by atoms with Gasteiger partial charge < -0.3 is 4.90 Å². The number of hydrogen-bond acceptors (Lipinski definition) is 6. The van der Waals surface area contributed by atoms with Gasteiger partial charge in [0.25, 0.3) is 15.9 Å². The first-order valence-electron chi connectivity index (χ1n) is 13.1. The Labute approximate surface area is 232 Å². The van der Waals surface area contributed by atoms with Gasteiger partial charge in [0.1, 0.15) is 11.3 Å². The van der Waals surface area contributed by atoms with Gasteiger partial charge in [-0.3, -0.25) is 14.0 Å². The SMILES string of the molecule is CCN(CC)CCN(C(=O)c1ccc(S(=O)(=O)N2CCCc3ccccc32)cc1)c1nc2c(F)cccc2s1. The molecule has 0 aliphatic carbocycles. The molecule has 5 rings (SSSR count). The van der Waals surface area contributed by atoms with Crippen LogP contribution in [0.5, 0.6) is 0 Å². The van der Waals surface area contributed by atoms with Crippen molar-refractivity contribution in [1.29, 1.82) is 0 Å². The number of para-hydroxylation sites is 2. The van der Waals surface area contributed by atoms with Gasteiger partial charge in [-0.25, -0.2) is 17.8 Å². The fourth-order valence-electron chi connectivity index (χ4n) is 4.89. The highest BCUT2D eigenvalue weighted by atomic mass is 32.2. The zero-order valence-corrected chi connectivity index (χ0v) is 23.6. The molecule has 10 heteroatoms. The second kappa shape index (κ2) is 11.4. The predicted molar refractivity (Wildman–Crippen MR) is 155 cm³/mol. The summed E-state index contributed by atoms with van der Waals surface area (Å²) in [7, 11) is -3.79. The smallest absolute Gasteiger partial charge is 0.264 e. The third-order valence-electron chi connectivity index (χ3n) is 7.13. The lowest BCUT2D eigenvalue weighted by Gasteiger charge is -2.30. The largest absolute Gasteiger partial charge is 0.302 e. The summed E-state index contributed by atoms with van der Waals surface area (Å²) in [4.78, 5) is 22.1. The number of sulfonamides is 1. The lowest BCUT2D eigenvalue weighted by Crippen LogP contribution is -2.39. The first-order chi connectivity index (χ1) is 18.8. The molecule has 2 heterocycles. The van der Waals surface area contributed by atoms with Crippen LogP contribution in [0, 0.1) is 5.82 Å². The zero-order chi connectivity index (χ0) is 27.6. The highest BCUT2D eigenvalue weighted by Gasteiger charge is 2.29. The summed E-state index contributed by atoms with van der Waals surface area (Å²) in [5, 5.41) is 0.411. The fraction of sp³-hybridized carbons (Fsp3) is 0.310. The Morgan fingerprint density at radius 3 is 2.46 bits per heavy atom. The maximum absolute atomic E-state index is 14.4. The number of carbonyl (C=O) groups is 1. The van der Waals surface area contributed by atoms with E-state index >= 15 is 0 Å². The number of halogens is 1. The number of likely N-dealkylation sites (N-methyl/N-ethyl adjacent to an activating group) is 1. The molecule has 0 spiro atoms. The molecular weight excluding hydrogens is 535 g/mol. The molecule has 0 bridgehead atoms. The van der Waals surface area contributed by atoms with E-state index in [0.717, 1.165) is 31.5 Å². The minimum absolute atomic E-state index is 0.132. The van der Waals surface area contributed by atoms with E-state index in [1.807, 2.05) is 24.3 Å². The molecule has 7 nitrogen and oxygen atoms in total. The van der Waals surface area contributed by atoms with Crippen LogP contribution in [0.4, 0.5) is 15.2 Å². The van der Waals surface area contributed by atoms with Gasteiger partial charge in [-0.1, -0.05) is 49.4 Å². The number of fused-ring (bicyclic) bond motifs is 2. The van der Waals surface area contributed by atoms with Crippen molar-refractivity contribution in [2.75, 3.05) is 41.9 Å². The van der Waals surface area contributed by atoms with Crippen molar-refractivity contribution in [2.45, 2.75) is 31.6 Å². The maximum atomic E-state index is 14.4. The van der Waals surface area contributed by atoms with E-state index < -0.39 is 15.8 Å². The molecule has 204 valence electrons. The van der Waals surface area contributed by atoms with Crippen LogP contribution in [-0.4, -0.2) is 56.9 Å². The summed E-state index contributed by atoms with van der Waals surface area (Å²) < 4.78 is 43.6. The Hall–Kier alpha value is -3.34. The van der Waals surface area contributed by atoms with Gasteiger partial charge in [0.05, 0.1) is 15.3 Å². The minimum atomic E-state index is -3.79. The molecule has 0 saturated heterocycles. The van der Waals surface area contributed by atoms with Crippen LogP contribution >= 0.6 is 11.3 Å². The van der Waals surface area contributed by atoms with Gasteiger partial charge in [0, 0.05) is 25.2 Å². The normalized spacial score (nSPS) is 13.6. The first kappa shape index (κ1) is 27.2. The van der Waals surface area contributed by atoms with Crippen LogP contribution in [0.3, 0.4) is 0 Å². The number of hydrogen-bond donors (Lipinski definition) is 0. The molecule has 4 aromatic rings. The van der Waals surface area contributed by atoms with E-state index in [4.69, 9.17) is 0 Å². The van der Waals surface area contributed by atoms with Crippen molar-refractivity contribution in [2.24, 2.45) is 0 Å². The number of aryl methyl sites for hydroxylation is 1. The number of amides is 1. The van der Waals surface area contributed by atoms with Crippen LogP contribution < -0.4 is 9.21 Å². The third-order valence-corrected chi connectivity index (χ3v) is 10.00. The summed E-state index contributed by atoms with van der Waals surface area (Å²) >= 11 is 1.26. The first-order valence-corrected chi connectivity index (χ1v) is 15.4. The summed E-state index contributed by atoms with van der Waals surface area (Å²) in [6, 6.07) is 18.4.